The molecule has 0 aliphatic carbocycles. The van der Waals surface area contributed by atoms with Gasteiger partial charge in [-0.05, 0) is 14.0 Å². The zero-order valence-corrected chi connectivity index (χ0v) is 6.03. The summed E-state index contributed by atoms with van der Waals surface area (Å²) in [5.41, 5.74) is 0.796. The van der Waals surface area contributed by atoms with E-state index < -0.39 is 0 Å². The Labute approximate surface area is 59.2 Å². The molecule has 0 bridgehead atoms. The van der Waals surface area contributed by atoms with Gasteiger partial charge in [-0.1, -0.05) is 5.16 Å². The fourth-order valence-corrected chi connectivity index (χ4v) is 0.730. The molecule has 10 heavy (non-hydrogen) atoms. The number of oxime groups is 1. The largest absolute Gasteiger partial charge is 0.314 e. The van der Waals surface area contributed by atoms with Gasteiger partial charge in [0.2, 0.25) is 0 Å². The van der Waals surface area contributed by atoms with Crippen molar-refractivity contribution in [2.24, 2.45) is 5.16 Å². The molecule has 1 heterocycles. The molecule has 0 saturated carbocycles. The van der Waals surface area contributed by atoms with Crippen molar-refractivity contribution in [2.45, 2.75) is 13.0 Å². The van der Waals surface area contributed by atoms with Gasteiger partial charge in [0.25, 0.3) is 0 Å². The van der Waals surface area contributed by atoms with Gasteiger partial charge >= 0.3 is 0 Å². The Kier molecular flexibility index (Phi) is 2.21. The summed E-state index contributed by atoms with van der Waals surface area (Å²) in [6.45, 7) is 2.45. The third-order valence-electron chi connectivity index (χ3n) is 1.41. The highest BCUT2D eigenvalue weighted by Gasteiger charge is 2.25. The molecule has 5 nitrogen and oxygen atoms in total. The Morgan fingerprint density at radius 2 is 2.60 bits per heavy atom. The Balaban J connectivity index is 2.46. The maximum Gasteiger partial charge on any atom is 0.116 e. The van der Waals surface area contributed by atoms with E-state index in [0.29, 0.717) is 6.54 Å². The van der Waals surface area contributed by atoms with Gasteiger partial charge in [0.15, 0.2) is 0 Å². The van der Waals surface area contributed by atoms with Crippen molar-refractivity contribution in [1.29, 1.82) is 0 Å². The first kappa shape index (κ1) is 7.46. The number of hydroxylamine groups is 2. The molecule has 0 aromatic carbocycles. The lowest BCUT2D eigenvalue weighted by Crippen LogP contribution is -2.33. The highest BCUT2D eigenvalue weighted by Crippen LogP contribution is 2.07. The third-order valence-corrected chi connectivity index (χ3v) is 1.41. The molecular weight excluding hydrogens is 134 g/mol. The molecule has 0 amide bonds. The van der Waals surface area contributed by atoms with Crippen LogP contribution in [0.25, 0.3) is 0 Å². The molecule has 1 rings (SSSR count). The van der Waals surface area contributed by atoms with E-state index in [1.165, 1.54) is 0 Å². The first-order valence-corrected chi connectivity index (χ1v) is 3.12. The summed E-state index contributed by atoms with van der Waals surface area (Å²) < 4.78 is 0. The number of hydrogen-bond donors (Lipinski definition) is 2. The molecule has 1 unspecified atom stereocenters. The normalized spacial score (nSPS) is 26.3. The molecule has 0 spiro atoms. The Hall–Kier alpha value is -0.650. The second-order valence-electron chi connectivity index (χ2n) is 2.17. The van der Waals surface area contributed by atoms with Crippen LogP contribution in [-0.4, -0.2) is 35.8 Å². The van der Waals surface area contributed by atoms with Crippen LogP contribution in [0.15, 0.2) is 5.16 Å². The third kappa shape index (κ3) is 1.26. The number of hydrogen-bond acceptors (Lipinski definition) is 5. The van der Waals surface area contributed by atoms with Crippen LogP contribution in [-0.2, 0) is 4.94 Å². The molecule has 0 fully saturated rings. The van der Waals surface area contributed by atoms with E-state index in [1.54, 1.807) is 0 Å². The van der Waals surface area contributed by atoms with E-state index >= 15 is 0 Å². The molecular formula is C5H11N3O2. The molecule has 58 valence electrons. The Bertz CT molecular complexity index is 148. The van der Waals surface area contributed by atoms with E-state index in [9.17, 15) is 0 Å². The van der Waals surface area contributed by atoms with Gasteiger partial charge < -0.3 is 5.32 Å². The lowest BCUT2D eigenvalue weighted by molar-refractivity contribution is -0.336. The highest BCUT2D eigenvalue weighted by atomic mass is 17.0. The number of rotatable bonds is 2. The first-order chi connectivity index (χ1) is 4.75. The maximum atomic E-state index is 8.86. The van der Waals surface area contributed by atoms with Gasteiger partial charge in [-0.15, -0.1) is 0 Å². The first-order valence-electron chi connectivity index (χ1n) is 3.12. The van der Waals surface area contributed by atoms with Gasteiger partial charge in [0, 0.05) is 11.8 Å². The molecule has 1 aliphatic rings. The van der Waals surface area contributed by atoms with E-state index in [4.69, 9.17) is 5.21 Å². The van der Waals surface area contributed by atoms with Gasteiger partial charge in [0.1, 0.15) is 6.04 Å². The fourth-order valence-electron chi connectivity index (χ4n) is 0.730. The summed E-state index contributed by atoms with van der Waals surface area (Å²) in [4.78, 5) is 4.47. The fraction of sp³-hybridized carbons (Fsp3) is 0.800. The minimum Gasteiger partial charge on any atom is -0.314 e. The van der Waals surface area contributed by atoms with Crippen LogP contribution < -0.4 is 5.32 Å². The number of nitrogens with zero attached hydrogens (tertiary/aromatic N) is 2. The van der Waals surface area contributed by atoms with Crippen LogP contribution in [0.3, 0.4) is 0 Å². The quantitative estimate of drug-likeness (QED) is 0.554. The summed E-state index contributed by atoms with van der Waals surface area (Å²) in [5, 5.41) is 16.1. The second kappa shape index (κ2) is 2.96. The zero-order chi connectivity index (χ0) is 7.56. The van der Waals surface area contributed by atoms with Crippen LogP contribution in [0.2, 0.25) is 0 Å². The van der Waals surface area contributed by atoms with Crippen molar-refractivity contribution in [2.75, 3.05) is 13.6 Å². The average Bonchev–Trinajstić information content (AvgIpc) is 2.20. The van der Waals surface area contributed by atoms with Crippen molar-refractivity contribution < 1.29 is 10.1 Å². The number of nitrogens with one attached hydrogen (secondary N) is 1. The molecule has 1 atom stereocenters. The van der Waals surface area contributed by atoms with E-state index in [1.807, 2.05) is 14.0 Å². The van der Waals surface area contributed by atoms with Gasteiger partial charge in [0.05, 0.1) is 5.71 Å². The molecule has 0 radical (unpaired) electrons. The summed E-state index contributed by atoms with van der Waals surface area (Å²) in [6, 6.07) is -0.146. The average molecular weight is 145 g/mol. The van der Waals surface area contributed by atoms with Crippen molar-refractivity contribution >= 4 is 5.71 Å². The van der Waals surface area contributed by atoms with Crippen molar-refractivity contribution in [3.05, 3.63) is 0 Å². The highest BCUT2D eigenvalue weighted by molar-refractivity contribution is 5.91. The predicted octanol–water partition coefficient (Wildman–Crippen LogP) is -0.413. The van der Waals surface area contributed by atoms with E-state index in [0.717, 1.165) is 10.9 Å². The maximum absolute atomic E-state index is 8.86. The summed E-state index contributed by atoms with van der Waals surface area (Å²) in [6.07, 6.45) is 0. The smallest absolute Gasteiger partial charge is 0.116 e. The molecule has 0 aromatic rings. The van der Waals surface area contributed by atoms with Crippen LogP contribution in [0.5, 0.6) is 0 Å². The minimum atomic E-state index is -0.146. The lowest BCUT2D eigenvalue weighted by atomic mass is 10.2. The van der Waals surface area contributed by atoms with E-state index in [-0.39, 0.29) is 6.04 Å². The van der Waals surface area contributed by atoms with Crippen molar-refractivity contribution in [3.8, 4) is 0 Å². The summed E-state index contributed by atoms with van der Waals surface area (Å²) in [7, 11) is 1.81. The molecule has 0 saturated heterocycles. The summed E-state index contributed by atoms with van der Waals surface area (Å²) >= 11 is 0. The Morgan fingerprint density at radius 1 is 1.90 bits per heavy atom. The topological polar surface area (TPSA) is 57.1 Å². The standard InChI is InChI=1S/C5H11N3O2/c1-4-5(3-6-2)7-10-8(4)9/h4,6,9H,3H2,1-2H3. The van der Waals surface area contributed by atoms with Crippen molar-refractivity contribution in [1.82, 2.24) is 10.5 Å². The van der Waals surface area contributed by atoms with Crippen LogP contribution in [0.4, 0.5) is 0 Å². The molecule has 0 aromatic heterocycles. The van der Waals surface area contributed by atoms with Gasteiger partial charge in [-0.25, -0.2) is 0 Å². The van der Waals surface area contributed by atoms with Gasteiger partial charge in [-0.3, -0.25) is 10.1 Å². The lowest BCUT2D eigenvalue weighted by Gasteiger charge is -2.08. The molecule has 5 heteroatoms. The summed E-state index contributed by atoms with van der Waals surface area (Å²) in [5.74, 6) is 0. The predicted molar refractivity (Wildman–Crippen MR) is 35.5 cm³/mol. The zero-order valence-electron chi connectivity index (χ0n) is 6.03. The Morgan fingerprint density at radius 3 is 3.00 bits per heavy atom. The van der Waals surface area contributed by atoms with Crippen LogP contribution in [0.1, 0.15) is 6.92 Å². The molecule has 1 aliphatic heterocycles. The van der Waals surface area contributed by atoms with Crippen molar-refractivity contribution in [3.63, 3.8) is 0 Å². The molecule has 2 N–H and O–H groups in total. The SMILES string of the molecule is CNCC1=NON(O)C1C. The second-order valence-corrected chi connectivity index (χ2v) is 2.17. The van der Waals surface area contributed by atoms with E-state index in [2.05, 4.69) is 15.4 Å². The monoisotopic (exact) mass is 145 g/mol. The van der Waals surface area contributed by atoms with Crippen LogP contribution in [0, 0.1) is 0 Å². The van der Waals surface area contributed by atoms with Crippen LogP contribution >= 0.6 is 0 Å². The minimum absolute atomic E-state index is 0.146. The van der Waals surface area contributed by atoms with Gasteiger partial charge in [-0.2, -0.15) is 0 Å².